The minimum absolute atomic E-state index is 0.0140. The van der Waals surface area contributed by atoms with Crippen LogP contribution in [0.25, 0.3) is 0 Å². The summed E-state index contributed by atoms with van der Waals surface area (Å²) in [5.74, 6) is 0. The topological polar surface area (TPSA) is 27.3 Å². The van der Waals surface area contributed by atoms with Crippen molar-refractivity contribution in [2.75, 3.05) is 25.5 Å². The van der Waals surface area contributed by atoms with E-state index in [4.69, 9.17) is 0 Å². The molecule has 1 aliphatic rings. The maximum Gasteiger partial charge on any atom is 0.0738 e. The number of hydrazine groups is 1. The second kappa shape index (κ2) is 3.26. The van der Waals surface area contributed by atoms with Crippen molar-refractivity contribution in [3.63, 3.8) is 0 Å². The standard InChI is InChI=1S/C11H17N3/c1-11(13-12-2)8-14(3)10-7-5-4-6-9(10)11/h4-7,12-13H,8H2,1-3H3. The monoisotopic (exact) mass is 191 g/mol. The van der Waals surface area contributed by atoms with Crippen molar-refractivity contribution in [2.24, 2.45) is 0 Å². The van der Waals surface area contributed by atoms with E-state index in [2.05, 4.69) is 54.0 Å². The van der Waals surface area contributed by atoms with E-state index in [1.165, 1.54) is 11.3 Å². The number of fused-ring (bicyclic) bond motifs is 1. The SMILES string of the molecule is CNNC1(C)CN(C)c2ccccc21. The van der Waals surface area contributed by atoms with Gasteiger partial charge in [0.2, 0.25) is 0 Å². The van der Waals surface area contributed by atoms with Crippen molar-refractivity contribution in [3.8, 4) is 0 Å². The van der Waals surface area contributed by atoms with Crippen LogP contribution in [-0.4, -0.2) is 20.6 Å². The predicted molar refractivity (Wildman–Crippen MR) is 59.3 cm³/mol. The minimum atomic E-state index is 0.0140. The number of nitrogens with one attached hydrogen (secondary N) is 2. The summed E-state index contributed by atoms with van der Waals surface area (Å²) >= 11 is 0. The molecule has 1 aromatic rings. The number of likely N-dealkylation sites (N-methyl/N-ethyl adjacent to an activating group) is 1. The van der Waals surface area contributed by atoms with Gasteiger partial charge in [0.25, 0.3) is 0 Å². The van der Waals surface area contributed by atoms with Gasteiger partial charge in [-0.15, -0.1) is 0 Å². The van der Waals surface area contributed by atoms with Crippen molar-refractivity contribution >= 4 is 5.69 Å². The molecule has 0 spiro atoms. The lowest BCUT2D eigenvalue weighted by molar-refractivity contribution is 0.350. The lowest BCUT2D eigenvalue weighted by Crippen LogP contribution is -2.48. The Morgan fingerprint density at radius 1 is 1.36 bits per heavy atom. The molecule has 0 amide bonds. The van der Waals surface area contributed by atoms with Crippen LogP contribution < -0.4 is 15.8 Å². The largest absolute Gasteiger partial charge is 0.372 e. The highest BCUT2D eigenvalue weighted by Crippen LogP contribution is 2.37. The van der Waals surface area contributed by atoms with Crippen LogP contribution in [-0.2, 0) is 5.54 Å². The Labute approximate surface area is 85.1 Å². The molecule has 3 heteroatoms. The Bertz CT molecular complexity index is 337. The van der Waals surface area contributed by atoms with Crippen molar-refractivity contribution in [1.82, 2.24) is 10.9 Å². The zero-order valence-electron chi connectivity index (χ0n) is 8.96. The van der Waals surface area contributed by atoms with Gasteiger partial charge in [-0.1, -0.05) is 18.2 Å². The van der Waals surface area contributed by atoms with Gasteiger partial charge in [0.1, 0.15) is 0 Å². The Balaban J connectivity index is 2.43. The fraction of sp³-hybridized carbons (Fsp3) is 0.455. The van der Waals surface area contributed by atoms with E-state index in [0.717, 1.165) is 6.54 Å². The van der Waals surface area contributed by atoms with Gasteiger partial charge >= 0.3 is 0 Å². The Morgan fingerprint density at radius 3 is 2.79 bits per heavy atom. The molecule has 0 bridgehead atoms. The predicted octanol–water partition coefficient (Wildman–Crippen LogP) is 1.08. The molecule has 0 saturated heterocycles. The Morgan fingerprint density at radius 2 is 2.07 bits per heavy atom. The fourth-order valence-corrected chi connectivity index (χ4v) is 2.30. The Kier molecular flexibility index (Phi) is 2.21. The molecule has 1 atom stereocenters. The molecular weight excluding hydrogens is 174 g/mol. The van der Waals surface area contributed by atoms with Crippen LogP contribution in [0.15, 0.2) is 24.3 Å². The first-order chi connectivity index (χ1) is 6.67. The molecule has 0 radical (unpaired) electrons. The molecule has 0 saturated carbocycles. The molecule has 76 valence electrons. The highest BCUT2D eigenvalue weighted by Gasteiger charge is 2.36. The summed E-state index contributed by atoms with van der Waals surface area (Å²) in [5.41, 5.74) is 9.04. The molecule has 1 heterocycles. The van der Waals surface area contributed by atoms with E-state index in [-0.39, 0.29) is 5.54 Å². The second-order valence-corrected chi connectivity index (χ2v) is 4.08. The molecular formula is C11H17N3. The number of nitrogens with zero attached hydrogens (tertiary/aromatic N) is 1. The van der Waals surface area contributed by atoms with Gasteiger partial charge in [-0.2, -0.15) is 0 Å². The van der Waals surface area contributed by atoms with E-state index >= 15 is 0 Å². The molecule has 1 unspecified atom stereocenters. The first-order valence-corrected chi connectivity index (χ1v) is 4.92. The van der Waals surface area contributed by atoms with Gasteiger partial charge in [-0.25, -0.2) is 5.43 Å². The first-order valence-electron chi connectivity index (χ1n) is 4.92. The van der Waals surface area contributed by atoms with Crippen LogP contribution in [0.1, 0.15) is 12.5 Å². The van der Waals surface area contributed by atoms with Crippen molar-refractivity contribution < 1.29 is 0 Å². The quantitative estimate of drug-likeness (QED) is 0.685. The number of rotatable bonds is 2. The van der Waals surface area contributed by atoms with Crippen molar-refractivity contribution in [1.29, 1.82) is 0 Å². The summed E-state index contributed by atoms with van der Waals surface area (Å²) in [4.78, 5) is 2.28. The van der Waals surface area contributed by atoms with E-state index in [0.29, 0.717) is 0 Å². The molecule has 0 aliphatic carbocycles. The van der Waals surface area contributed by atoms with Crippen LogP contribution in [0.5, 0.6) is 0 Å². The number of hydrogen-bond acceptors (Lipinski definition) is 3. The highest BCUT2D eigenvalue weighted by molar-refractivity contribution is 5.61. The van der Waals surface area contributed by atoms with Gasteiger partial charge in [-0.05, 0) is 25.6 Å². The summed E-state index contributed by atoms with van der Waals surface area (Å²) in [5, 5.41) is 0. The van der Waals surface area contributed by atoms with Crippen molar-refractivity contribution in [2.45, 2.75) is 12.5 Å². The number of para-hydroxylation sites is 1. The summed E-state index contributed by atoms with van der Waals surface area (Å²) in [7, 11) is 4.04. The summed E-state index contributed by atoms with van der Waals surface area (Å²) in [6.45, 7) is 3.21. The maximum atomic E-state index is 3.32. The molecule has 1 aliphatic heterocycles. The normalized spacial score (nSPS) is 25.2. The number of hydrogen-bond donors (Lipinski definition) is 2. The number of anilines is 1. The second-order valence-electron chi connectivity index (χ2n) is 4.08. The van der Waals surface area contributed by atoms with Crippen LogP contribution >= 0.6 is 0 Å². The van der Waals surface area contributed by atoms with Crippen LogP contribution in [0, 0.1) is 0 Å². The van der Waals surface area contributed by atoms with Crippen LogP contribution in [0.2, 0.25) is 0 Å². The van der Waals surface area contributed by atoms with Gasteiger partial charge in [0, 0.05) is 19.3 Å². The van der Waals surface area contributed by atoms with Gasteiger partial charge in [0.05, 0.1) is 5.54 Å². The number of benzene rings is 1. The zero-order valence-corrected chi connectivity index (χ0v) is 8.96. The van der Waals surface area contributed by atoms with E-state index in [1.807, 2.05) is 7.05 Å². The van der Waals surface area contributed by atoms with E-state index in [1.54, 1.807) is 0 Å². The zero-order chi connectivity index (χ0) is 10.2. The van der Waals surface area contributed by atoms with Crippen LogP contribution in [0.4, 0.5) is 5.69 Å². The maximum absolute atomic E-state index is 3.32. The molecule has 14 heavy (non-hydrogen) atoms. The van der Waals surface area contributed by atoms with Gasteiger partial charge < -0.3 is 4.90 Å². The molecule has 0 aromatic heterocycles. The van der Waals surface area contributed by atoms with E-state index < -0.39 is 0 Å². The molecule has 0 fully saturated rings. The lowest BCUT2D eigenvalue weighted by atomic mass is 9.95. The molecule has 2 rings (SSSR count). The summed E-state index contributed by atoms with van der Waals surface area (Å²) in [6, 6.07) is 8.52. The smallest absolute Gasteiger partial charge is 0.0738 e. The third-order valence-corrected chi connectivity index (χ3v) is 2.86. The summed E-state index contributed by atoms with van der Waals surface area (Å²) < 4.78 is 0. The van der Waals surface area contributed by atoms with Crippen LogP contribution in [0.3, 0.4) is 0 Å². The fourth-order valence-electron chi connectivity index (χ4n) is 2.30. The Hall–Kier alpha value is -1.06. The minimum Gasteiger partial charge on any atom is -0.372 e. The average Bonchev–Trinajstić information content (AvgIpc) is 2.41. The van der Waals surface area contributed by atoms with Gasteiger partial charge in [0.15, 0.2) is 0 Å². The third kappa shape index (κ3) is 1.29. The first kappa shape index (κ1) is 9.49. The third-order valence-electron chi connectivity index (χ3n) is 2.86. The molecule has 3 nitrogen and oxygen atoms in total. The molecule has 2 N–H and O–H groups in total. The average molecular weight is 191 g/mol. The summed E-state index contributed by atoms with van der Waals surface area (Å²) in [6.07, 6.45) is 0. The molecule has 1 aromatic carbocycles. The highest BCUT2D eigenvalue weighted by atomic mass is 15.4. The van der Waals surface area contributed by atoms with E-state index in [9.17, 15) is 0 Å². The van der Waals surface area contributed by atoms with Crippen molar-refractivity contribution in [3.05, 3.63) is 29.8 Å². The lowest BCUT2D eigenvalue weighted by Gasteiger charge is -2.26. The van der Waals surface area contributed by atoms with Gasteiger partial charge in [-0.3, -0.25) is 5.43 Å².